The number of hydrogen-bond acceptors (Lipinski definition) is 4. The van der Waals surface area contributed by atoms with Crippen LogP contribution in [0.1, 0.15) is 10.4 Å². The van der Waals surface area contributed by atoms with Gasteiger partial charge in [-0.2, -0.15) is 0 Å². The maximum atomic E-state index is 13.4. The molecule has 3 nitrogen and oxygen atoms in total. The Labute approximate surface area is 113 Å². The number of carbonyl (C=O) groups is 2. The van der Waals surface area contributed by atoms with Gasteiger partial charge in [-0.3, -0.25) is 9.59 Å². The van der Waals surface area contributed by atoms with E-state index < -0.39 is 40.6 Å². The number of thiocarbonyl (C=S) groups is 1. The van der Waals surface area contributed by atoms with Crippen molar-refractivity contribution in [2.75, 3.05) is 5.75 Å². The zero-order valence-corrected chi connectivity index (χ0v) is 10.5. The summed E-state index contributed by atoms with van der Waals surface area (Å²) in [7, 11) is 0. The third kappa shape index (κ3) is 2.23. The van der Waals surface area contributed by atoms with Gasteiger partial charge < -0.3 is 0 Å². The Morgan fingerprint density at radius 2 is 1.84 bits per heavy atom. The monoisotopic (exact) mass is 309 g/mol. The molecule has 0 aliphatic carbocycles. The summed E-state index contributed by atoms with van der Waals surface area (Å²) in [5, 5.41) is 0. The maximum absolute atomic E-state index is 13.4. The molecule has 1 heterocycles. The van der Waals surface area contributed by atoms with Gasteiger partial charge in [-0.15, -0.1) is 0 Å². The highest BCUT2D eigenvalue weighted by atomic mass is 32.2. The summed E-state index contributed by atoms with van der Waals surface area (Å²) in [6, 6.07) is 0.189. The summed E-state index contributed by atoms with van der Waals surface area (Å²) >= 11 is 5.55. The van der Waals surface area contributed by atoms with Crippen molar-refractivity contribution in [2.45, 2.75) is 0 Å². The molecule has 0 aromatic heterocycles. The number of nitrogens with zero attached hydrogens (tertiary/aromatic N) is 1. The second kappa shape index (κ2) is 4.89. The number of benzene rings is 1. The minimum absolute atomic E-state index is 0.127. The first kappa shape index (κ1) is 13.9. The highest BCUT2D eigenvalue weighted by Gasteiger charge is 2.35. The lowest BCUT2D eigenvalue weighted by Gasteiger charge is -2.13. The average molecular weight is 309 g/mol. The predicted molar refractivity (Wildman–Crippen MR) is 62.5 cm³/mol. The van der Waals surface area contributed by atoms with Gasteiger partial charge in [0.1, 0.15) is 0 Å². The molecular formula is C10H3F4NO2S2. The van der Waals surface area contributed by atoms with Crippen LogP contribution in [0.2, 0.25) is 0 Å². The van der Waals surface area contributed by atoms with Gasteiger partial charge >= 0.3 is 0 Å². The van der Waals surface area contributed by atoms with Crippen molar-refractivity contribution in [1.82, 2.24) is 4.90 Å². The Morgan fingerprint density at radius 1 is 1.21 bits per heavy atom. The Hall–Kier alpha value is -1.48. The molecule has 0 atom stereocenters. The molecule has 19 heavy (non-hydrogen) atoms. The van der Waals surface area contributed by atoms with Gasteiger partial charge in [0.25, 0.3) is 5.91 Å². The van der Waals surface area contributed by atoms with E-state index in [1.807, 2.05) is 0 Å². The Balaban J connectivity index is 2.51. The second-order valence-electron chi connectivity index (χ2n) is 3.44. The van der Waals surface area contributed by atoms with E-state index in [4.69, 9.17) is 12.2 Å². The fourth-order valence-corrected chi connectivity index (χ4v) is 2.45. The van der Waals surface area contributed by atoms with Gasteiger partial charge in [-0.05, 0) is 6.07 Å². The van der Waals surface area contributed by atoms with E-state index in [1.165, 1.54) is 0 Å². The number of carbonyl (C=O) groups excluding carboxylic acids is 2. The first-order valence-corrected chi connectivity index (χ1v) is 6.11. The van der Waals surface area contributed by atoms with Gasteiger partial charge in [0.15, 0.2) is 27.6 Å². The van der Waals surface area contributed by atoms with Crippen molar-refractivity contribution in [3.8, 4) is 0 Å². The molecule has 2 amide bonds. The number of hydrogen-bond donors (Lipinski definition) is 0. The number of thioether (sulfide) groups is 1. The predicted octanol–water partition coefficient (Wildman–Crippen LogP) is 2.24. The molecule has 0 spiro atoms. The van der Waals surface area contributed by atoms with Gasteiger partial charge in [-0.25, -0.2) is 22.5 Å². The Morgan fingerprint density at radius 3 is 2.37 bits per heavy atom. The zero-order chi connectivity index (χ0) is 14.3. The Kier molecular flexibility index (Phi) is 3.59. The van der Waals surface area contributed by atoms with E-state index in [0.717, 1.165) is 11.8 Å². The molecule has 9 heteroatoms. The molecule has 100 valence electrons. The van der Waals surface area contributed by atoms with E-state index >= 15 is 0 Å². The molecule has 1 aliphatic heterocycles. The van der Waals surface area contributed by atoms with Crippen LogP contribution >= 0.6 is 24.0 Å². The van der Waals surface area contributed by atoms with E-state index in [1.54, 1.807) is 0 Å². The maximum Gasteiger partial charge on any atom is 0.269 e. The molecule has 1 aromatic rings. The summed E-state index contributed by atoms with van der Waals surface area (Å²) < 4.78 is 52.0. The minimum atomic E-state index is -2.12. The van der Waals surface area contributed by atoms with E-state index in [9.17, 15) is 27.2 Å². The fourth-order valence-electron chi connectivity index (χ4n) is 1.40. The second-order valence-corrected chi connectivity index (χ2v) is 5.05. The standard InChI is InChI=1S/C10H3F4NO2S2/c11-4-1-3(6(12)8(14)7(4)13)9(17)15-5(16)2-19-10(15)18/h1H,2H2. The van der Waals surface area contributed by atoms with Gasteiger partial charge in [-0.1, -0.05) is 24.0 Å². The lowest BCUT2D eigenvalue weighted by atomic mass is 10.1. The summed E-state index contributed by atoms with van der Waals surface area (Å²) in [5.41, 5.74) is -1.09. The summed E-state index contributed by atoms with van der Waals surface area (Å²) in [5.74, 6) is -9.92. The molecular weight excluding hydrogens is 306 g/mol. The summed E-state index contributed by atoms with van der Waals surface area (Å²) in [6.45, 7) is 0. The van der Waals surface area contributed by atoms with Crippen LogP contribution in [-0.4, -0.2) is 26.8 Å². The number of imide groups is 1. The largest absolute Gasteiger partial charge is 0.273 e. The van der Waals surface area contributed by atoms with Crippen molar-refractivity contribution in [3.63, 3.8) is 0 Å². The minimum Gasteiger partial charge on any atom is -0.273 e. The number of halogens is 4. The highest BCUT2D eigenvalue weighted by Crippen LogP contribution is 2.25. The first-order valence-electron chi connectivity index (χ1n) is 4.71. The topological polar surface area (TPSA) is 37.4 Å². The van der Waals surface area contributed by atoms with Crippen LogP contribution in [0.3, 0.4) is 0 Å². The number of rotatable bonds is 1. The van der Waals surface area contributed by atoms with Crippen LogP contribution in [0.25, 0.3) is 0 Å². The van der Waals surface area contributed by atoms with Crippen molar-refractivity contribution >= 4 is 40.1 Å². The molecule has 2 rings (SSSR count). The van der Waals surface area contributed by atoms with Crippen molar-refractivity contribution in [1.29, 1.82) is 0 Å². The Bertz CT molecular complexity index is 604. The smallest absolute Gasteiger partial charge is 0.269 e. The lowest BCUT2D eigenvalue weighted by molar-refractivity contribution is -0.122. The average Bonchev–Trinajstić information content (AvgIpc) is 2.70. The fraction of sp³-hybridized carbons (Fsp3) is 0.100. The van der Waals surface area contributed by atoms with Gasteiger partial charge in [0.2, 0.25) is 5.91 Å². The normalized spacial score (nSPS) is 15.3. The van der Waals surface area contributed by atoms with Crippen LogP contribution in [0.15, 0.2) is 6.07 Å². The summed E-state index contributed by atoms with van der Waals surface area (Å²) in [4.78, 5) is 23.6. The highest BCUT2D eigenvalue weighted by molar-refractivity contribution is 8.24. The van der Waals surface area contributed by atoms with Crippen molar-refractivity contribution < 1.29 is 27.2 Å². The third-order valence-electron chi connectivity index (χ3n) is 2.29. The molecule has 0 bridgehead atoms. The molecule has 0 saturated carbocycles. The van der Waals surface area contributed by atoms with Crippen LogP contribution in [-0.2, 0) is 4.79 Å². The van der Waals surface area contributed by atoms with Crippen LogP contribution in [0, 0.1) is 23.3 Å². The van der Waals surface area contributed by atoms with Crippen LogP contribution < -0.4 is 0 Å². The van der Waals surface area contributed by atoms with Crippen LogP contribution in [0.5, 0.6) is 0 Å². The quantitative estimate of drug-likeness (QED) is 0.262. The SMILES string of the molecule is O=C1CSC(=S)N1C(=O)c1cc(F)c(F)c(F)c1F. The van der Waals surface area contributed by atoms with Crippen LogP contribution in [0.4, 0.5) is 17.6 Å². The molecule has 0 radical (unpaired) electrons. The van der Waals surface area contributed by atoms with Gasteiger partial charge in [0, 0.05) is 0 Å². The molecule has 1 saturated heterocycles. The molecule has 1 aliphatic rings. The molecule has 1 aromatic carbocycles. The van der Waals surface area contributed by atoms with Crippen molar-refractivity contribution in [3.05, 3.63) is 34.9 Å². The number of amides is 2. The molecule has 0 unspecified atom stereocenters. The zero-order valence-electron chi connectivity index (χ0n) is 8.88. The first-order chi connectivity index (χ1) is 8.84. The third-order valence-corrected chi connectivity index (χ3v) is 3.64. The van der Waals surface area contributed by atoms with Gasteiger partial charge in [0.05, 0.1) is 11.3 Å². The van der Waals surface area contributed by atoms with E-state index in [0.29, 0.717) is 4.90 Å². The van der Waals surface area contributed by atoms with E-state index in [-0.39, 0.29) is 16.1 Å². The summed E-state index contributed by atoms with van der Waals surface area (Å²) in [6.07, 6.45) is 0. The van der Waals surface area contributed by atoms with E-state index in [2.05, 4.69) is 0 Å². The lowest BCUT2D eigenvalue weighted by Crippen LogP contribution is -2.35. The molecule has 0 N–H and O–H groups in total. The molecule has 1 fully saturated rings. The van der Waals surface area contributed by atoms with Crippen molar-refractivity contribution in [2.24, 2.45) is 0 Å².